The van der Waals surface area contributed by atoms with Crippen molar-refractivity contribution >= 4 is 16.7 Å². The van der Waals surface area contributed by atoms with E-state index in [2.05, 4.69) is 4.98 Å². The second-order valence-corrected chi connectivity index (χ2v) is 5.05. The van der Waals surface area contributed by atoms with E-state index in [9.17, 15) is 13.2 Å². The highest BCUT2D eigenvalue weighted by atomic mass is 19.4. The fourth-order valence-electron chi connectivity index (χ4n) is 2.25. The van der Waals surface area contributed by atoms with Gasteiger partial charge in [-0.25, -0.2) is 4.98 Å². The Morgan fingerprint density at radius 1 is 1.00 bits per heavy atom. The summed E-state index contributed by atoms with van der Waals surface area (Å²) in [6.45, 7) is 0.0134. The number of hydrogen-bond donors (Lipinski definition) is 1. The molecule has 0 bridgehead atoms. The number of pyridine rings is 1. The molecule has 0 fully saturated rings. The van der Waals surface area contributed by atoms with Gasteiger partial charge in [-0.2, -0.15) is 13.2 Å². The number of para-hydroxylation sites is 1. The predicted octanol–water partition coefficient (Wildman–Crippen LogP) is 4.41. The van der Waals surface area contributed by atoms with Gasteiger partial charge in [-0.3, -0.25) is 0 Å². The molecule has 23 heavy (non-hydrogen) atoms. The van der Waals surface area contributed by atoms with Crippen LogP contribution in [0.4, 0.5) is 19.0 Å². The van der Waals surface area contributed by atoms with Crippen LogP contribution in [-0.2, 0) is 12.8 Å². The molecule has 6 heteroatoms. The smallest absolute Gasteiger partial charge is 0.416 e. The summed E-state index contributed by atoms with van der Waals surface area (Å²) < 4.78 is 43.8. The van der Waals surface area contributed by atoms with Crippen molar-refractivity contribution < 1.29 is 17.9 Å². The van der Waals surface area contributed by atoms with E-state index in [1.165, 1.54) is 6.07 Å². The van der Waals surface area contributed by atoms with E-state index in [1.54, 1.807) is 24.3 Å². The van der Waals surface area contributed by atoms with E-state index >= 15 is 0 Å². The normalized spacial score (nSPS) is 11.6. The third-order valence-corrected chi connectivity index (χ3v) is 3.35. The van der Waals surface area contributed by atoms with E-state index in [1.807, 2.05) is 12.1 Å². The number of halogens is 3. The summed E-state index contributed by atoms with van der Waals surface area (Å²) in [4.78, 5) is 4.22. The number of nitrogens with zero attached hydrogens (tertiary/aromatic N) is 1. The maximum Gasteiger partial charge on any atom is 0.416 e. The lowest BCUT2D eigenvalue weighted by Crippen LogP contribution is -2.06. The molecule has 0 aliphatic heterocycles. The van der Waals surface area contributed by atoms with Gasteiger partial charge in [-0.15, -0.1) is 0 Å². The average Bonchev–Trinajstić information content (AvgIpc) is 2.52. The summed E-state index contributed by atoms with van der Waals surface area (Å²) in [6.07, 6.45) is -4.37. The van der Waals surface area contributed by atoms with E-state index in [0.29, 0.717) is 22.6 Å². The van der Waals surface area contributed by atoms with Gasteiger partial charge < -0.3 is 10.5 Å². The van der Waals surface area contributed by atoms with Crippen LogP contribution < -0.4 is 10.5 Å². The molecule has 1 aromatic heterocycles. The molecule has 0 radical (unpaired) electrons. The van der Waals surface area contributed by atoms with E-state index in [0.717, 1.165) is 17.5 Å². The first-order chi connectivity index (χ1) is 10.9. The molecule has 0 aliphatic rings. The standard InChI is InChI=1S/C17H13F3N2O/c18-17(19,20)13-5-1-3-11(9-13)10-23-14-6-2-4-12-7-8-15(21)22-16(12)14/h1-9H,10H2,(H2,21,22). The molecule has 3 aromatic rings. The van der Waals surface area contributed by atoms with Crippen molar-refractivity contribution in [1.82, 2.24) is 4.98 Å². The first kappa shape index (κ1) is 15.1. The molecule has 0 saturated heterocycles. The van der Waals surface area contributed by atoms with Crippen LogP contribution in [0.25, 0.3) is 10.9 Å². The molecular weight excluding hydrogens is 305 g/mol. The van der Waals surface area contributed by atoms with Crippen LogP contribution in [-0.4, -0.2) is 4.98 Å². The number of fused-ring (bicyclic) bond motifs is 1. The van der Waals surface area contributed by atoms with Crippen molar-refractivity contribution in [3.05, 3.63) is 65.7 Å². The van der Waals surface area contributed by atoms with Crippen LogP contribution in [0.1, 0.15) is 11.1 Å². The zero-order valence-electron chi connectivity index (χ0n) is 12.0. The van der Waals surface area contributed by atoms with Gasteiger partial charge in [-0.1, -0.05) is 24.3 Å². The van der Waals surface area contributed by atoms with Crippen LogP contribution >= 0.6 is 0 Å². The Hall–Kier alpha value is -2.76. The van der Waals surface area contributed by atoms with Crippen LogP contribution in [0.5, 0.6) is 5.75 Å². The summed E-state index contributed by atoms with van der Waals surface area (Å²) in [5.74, 6) is 0.833. The molecule has 0 amide bonds. The maximum absolute atomic E-state index is 12.7. The van der Waals surface area contributed by atoms with Crippen LogP contribution in [0, 0.1) is 0 Å². The highest BCUT2D eigenvalue weighted by Gasteiger charge is 2.30. The van der Waals surface area contributed by atoms with E-state index in [4.69, 9.17) is 10.5 Å². The molecule has 118 valence electrons. The van der Waals surface area contributed by atoms with Crippen molar-refractivity contribution in [3.8, 4) is 5.75 Å². The fourth-order valence-corrected chi connectivity index (χ4v) is 2.25. The molecule has 0 aliphatic carbocycles. The van der Waals surface area contributed by atoms with Crippen LogP contribution in [0.2, 0.25) is 0 Å². The minimum absolute atomic E-state index is 0.0134. The van der Waals surface area contributed by atoms with Gasteiger partial charge in [-0.05, 0) is 35.9 Å². The largest absolute Gasteiger partial charge is 0.487 e. The highest BCUT2D eigenvalue weighted by molar-refractivity contribution is 5.85. The van der Waals surface area contributed by atoms with Crippen molar-refractivity contribution in [3.63, 3.8) is 0 Å². The lowest BCUT2D eigenvalue weighted by molar-refractivity contribution is -0.137. The first-order valence-electron chi connectivity index (χ1n) is 6.88. The minimum atomic E-state index is -4.37. The van der Waals surface area contributed by atoms with Gasteiger partial charge in [0.25, 0.3) is 0 Å². The lowest BCUT2D eigenvalue weighted by Gasteiger charge is -2.11. The van der Waals surface area contributed by atoms with Gasteiger partial charge in [0.2, 0.25) is 0 Å². The highest BCUT2D eigenvalue weighted by Crippen LogP contribution is 2.30. The quantitative estimate of drug-likeness (QED) is 0.778. The zero-order chi connectivity index (χ0) is 16.4. The molecule has 2 N–H and O–H groups in total. The molecule has 0 atom stereocenters. The molecule has 2 aromatic carbocycles. The molecular formula is C17H13F3N2O. The Morgan fingerprint density at radius 2 is 1.78 bits per heavy atom. The second kappa shape index (κ2) is 5.79. The number of nitrogen functional groups attached to an aromatic ring is 1. The van der Waals surface area contributed by atoms with Crippen molar-refractivity contribution in [1.29, 1.82) is 0 Å². The predicted molar refractivity (Wildman–Crippen MR) is 81.9 cm³/mol. The topological polar surface area (TPSA) is 48.1 Å². The van der Waals surface area contributed by atoms with Gasteiger partial charge in [0, 0.05) is 5.39 Å². The van der Waals surface area contributed by atoms with Gasteiger partial charge >= 0.3 is 6.18 Å². The number of ether oxygens (including phenoxy) is 1. The van der Waals surface area contributed by atoms with Crippen molar-refractivity contribution in [2.75, 3.05) is 5.73 Å². The first-order valence-corrected chi connectivity index (χ1v) is 6.88. The summed E-state index contributed by atoms with van der Waals surface area (Å²) in [5.41, 5.74) is 5.99. The Balaban J connectivity index is 1.85. The number of rotatable bonds is 3. The van der Waals surface area contributed by atoms with Gasteiger partial charge in [0.1, 0.15) is 23.7 Å². The number of aromatic nitrogens is 1. The second-order valence-electron chi connectivity index (χ2n) is 5.05. The molecule has 0 saturated carbocycles. The minimum Gasteiger partial charge on any atom is -0.487 e. The zero-order valence-corrected chi connectivity index (χ0v) is 12.0. The van der Waals surface area contributed by atoms with Crippen molar-refractivity contribution in [2.24, 2.45) is 0 Å². The third kappa shape index (κ3) is 3.36. The maximum atomic E-state index is 12.7. The molecule has 0 spiro atoms. The fraction of sp³-hybridized carbons (Fsp3) is 0.118. The van der Waals surface area contributed by atoms with Crippen molar-refractivity contribution in [2.45, 2.75) is 12.8 Å². The van der Waals surface area contributed by atoms with Gasteiger partial charge in [0.05, 0.1) is 5.56 Å². The summed E-state index contributed by atoms with van der Waals surface area (Å²) in [6, 6.07) is 13.9. The average molecular weight is 318 g/mol. The molecule has 3 rings (SSSR count). The molecule has 0 unspecified atom stereocenters. The number of anilines is 1. The number of alkyl halides is 3. The molecule has 3 nitrogen and oxygen atoms in total. The lowest BCUT2D eigenvalue weighted by atomic mass is 10.1. The summed E-state index contributed by atoms with van der Waals surface area (Å²) >= 11 is 0. The Bertz CT molecular complexity index is 847. The van der Waals surface area contributed by atoms with Gasteiger partial charge in [0.15, 0.2) is 0 Å². The van der Waals surface area contributed by atoms with Crippen LogP contribution in [0.15, 0.2) is 54.6 Å². The summed E-state index contributed by atoms with van der Waals surface area (Å²) in [7, 11) is 0. The van der Waals surface area contributed by atoms with E-state index < -0.39 is 11.7 Å². The third-order valence-electron chi connectivity index (χ3n) is 3.35. The monoisotopic (exact) mass is 318 g/mol. The summed E-state index contributed by atoms with van der Waals surface area (Å²) in [5, 5.41) is 0.848. The Labute approximate surface area is 130 Å². The Morgan fingerprint density at radius 3 is 2.57 bits per heavy atom. The SMILES string of the molecule is Nc1ccc2cccc(OCc3cccc(C(F)(F)F)c3)c2n1. The Kier molecular flexibility index (Phi) is 3.82. The van der Waals surface area contributed by atoms with E-state index in [-0.39, 0.29) is 6.61 Å². The number of benzene rings is 2. The van der Waals surface area contributed by atoms with Crippen LogP contribution in [0.3, 0.4) is 0 Å². The molecule has 1 heterocycles. The number of nitrogens with two attached hydrogens (primary N) is 1. The number of hydrogen-bond acceptors (Lipinski definition) is 3.